The van der Waals surface area contributed by atoms with Gasteiger partial charge in [-0.25, -0.2) is 13.9 Å². The number of phosphoric acid groups is 1. The van der Waals surface area contributed by atoms with Gasteiger partial charge in [0.2, 0.25) is 6.29 Å². The van der Waals surface area contributed by atoms with Crippen molar-refractivity contribution in [2.45, 2.75) is 13.2 Å². The Labute approximate surface area is 75.7 Å². The Morgan fingerprint density at radius 2 is 2.23 bits per heavy atom. The van der Waals surface area contributed by atoms with Crippen LogP contribution in [0.25, 0.3) is 0 Å². The Balaban J connectivity index is 4.01. The molecule has 0 aromatic carbocycles. The van der Waals surface area contributed by atoms with Gasteiger partial charge >= 0.3 is 13.8 Å². The minimum Gasteiger partial charge on any atom is -0.432 e. The smallest absolute Gasteiger partial charge is 0.432 e. The molecule has 0 spiro atoms. The summed E-state index contributed by atoms with van der Waals surface area (Å²) in [5, 5.41) is 0. The second-order valence-electron chi connectivity index (χ2n) is 1.97. The highest BCUT2D eigenvalue weighted by molar-refractivity contribution is 7.47. The van der Waals surface area contributed by atoms with Crippen LogP contribution < -0.4 is 0 Å². The topological polar surface area (TPSA) is 82.1 Å². The van der Waals surface area contributed by atoms with E-state index in [-0.39, 0.29) is 0 Å². The highest BCUT2D eigenvalue weighted by Crippen LogP contribution is 2.43. The number of carbonyl (C=O) groups is 1. The van der Waals surface area contributed by atoms with Gasteiger partial charge < -0.3 is 9.63 Å². The molecule has 0 aliphatic carbocycles. The average Bonchev–Trinajstić information content (AvgIpc) is 2.03. The van der Waals surface area contributed by atoms with Crippen LogP contribution in [-0.4, -0.2) is 24.3 Å². The van der Waals surface area contributed by atoms with Gasteiger partial charge in [-0.05, 0) is 6.92 Å². The van der Waals surface area contributed by atoms with E-state index in [4.69, 9.17) is 4.89 Å². The van der Waals surface area contributed by atoms with Gasteiger partial charge in [-0.2, -0.15) is 0 Å². The molecule has 0 saturated carbocycles. The lowest BCUT2D eigenvalue weighted by molar-refractivity contribution is -0.156. The van der Waals surface area contributed by atoms with Crippen molar-refractivity contribution in [1.82, 2.24) is 0 Å². The Hall–Kier alpha value is -0.680. The summed E-state index contributed by atoms with van der Waals surface area (Å²) >= 11 is 0. The third-order valence-electron chi connectivity index (χ3n) is 0.961. The maximum Gasteiger partial charge on any atom is 0.475 e. The SMILES string of the molecule is C=CC(=O)OC(C)OP(=O)(O)OC. The van der Waals surface area contributed by atoms with E-state index in [2.05, 4.69) is 20.4 Å². The zero-order chi connectivity index (χ0) is 10.5. The third kappa shape index (κ3) is 5.54. The van der Waals surface area contributed by atoms with Gasteiger partial charge in [0.1, 0.15) is 0 Å². The molecule has 0 aliphatic heterocycles. The second-order valence-corrected chi connectivity index (χ2v) is 3.48. The van der Waals surface area contributed by atoms with E-state index in [1.54, 1.807) is 0 Å². The first-order chi connectivity index (χ1) is 5.91. The second kappa shape index (κ2) is 5.14. The number of carbonyl (C=O) groups excluding carboxylic acids is 1. The molecule has 0 rings (SSSR count). The number of rotatable bonds is 5. The summed E-state index contributed by atoms with van der Waals surface area (Å²) in [6.07, 6.45) is -0.254. The summed E-state index contributed by atoms with van der Waals surface area (Å²) in [5.74, 6) is -0.747. The van der Waals surface area contributed by atoms with Crippen LogP contribution in [0.5, 0.6) is 0 Å². The molecule has 0 amide bonds. The van der Waals surface area contributed by atoms with E-state index in [9.17, 15) is 9.36 Å². The predicted molar refractivity (Wildman–Crippen MR) is 43.7 cm³/mol. The monoisotopic (exact) mass is 210 g/mol. The van der Waals surface area contributed by atoms with Crippen molar-refractivity contribution in [2.24, 2.45) is 0 Å². The zero-order valence-corrected chi connectivity index (χ0v) is 8.19. The summed E-state index contributed by atoms with van der Waals surface area (Å²) in [6, 6.07) is 0. The first-order valence-electron chi connectivity index (χ1n) is 3.31. The molecule has 13 heavy (non-hydrogen) atoms. The van der Waals surface area contributed by atoms with Gasteiger partial charge in [0.15, 0.2) is 0 Å². The Kier molecular flexibility index (Phi) is 4.87. The fourth-order valence-corrected chi connectivity index (χ4v) is 0.968. The molecule has 7 heteroatoms. The number of ether oxygens (including phenoxy) is 1. The number of hydrogen-bond acceptors (Lipinski definition) is 5. The molecule has 0 bridgehead atoms. The van der Waals surface area contributed by atoms with E-state index in [1.165, 1.54) is 6.92 Å². The van der Waals surface area contributed by atoms with E-state index < -0.39 is 20.1 Å². The van der Waals surface area contributed by atoms with Crippen molar-refractivity contribution < 1.29 is 28.0 Å². The first-order valence-corrected chi connectivity index (χ1v) is 4.81. The summed E-state index contributed by atoms with van der Waals surface area (Å²) in [4.78, 5) is 19.3. The van der Waals surface area contributed by atoms with Crippen molar-refractivity contribution in [3.8, 4) is 0 Å². The normalized spacial score (nSPS) is 17.2. The van der Waals surface area contributed by atoms with E-state index in [1.807, 2.05) is 0 Å². The van der Waals surface area contributed by atoms with Gasteiger partial charge in [0.25, 0.3) is 0 Å². The summed E-state index contributed by atoms with van der Waals surface area (Å²) in [6.45, 7) is 4.42. The van der Waals surface area contributed by atoms with Crippen LogP contribution in [0.2, 0.25) is 0 Å². The highest BCUT2D eigenvalue weighted by atomic mass is 31.2. The van der Waals surface area contributed by atoms with Gasteiger partial charge in [0, 0.05) is 13.2 Å². The standard InChI is InChI=1S/C6H11O6P/c1-4-6(7)11-5(2)12-13(8,9)10-3/h4-5H,1H2,2-3H3,(H,8,9). The van der Waals surface area contributed by atoms with Gasteiger partial charge in [-0.3, -0.25) is 4.52 Å². The number of esters is 1. The van der Waals surface area contributed by atoms with Crippen molar-refractivity contribution in [3.05, 3.63) is 12.7 Å². The van der Waals surface area contributed by atoms with Gasteiger partial charge in [-0.15, -0.1) is 0 Å². The van der Waals surface area contributed by atoms with Crippen LogP contribution in [-0.2, 0) is 23.1 Å². The summed E-state index contributed by atoms with van der Waals surface area (Å²) in [7, 11) is -3.10. The molecule has 0 saturated heterocycles. The van der Waals surface area contributed by atoms with E-state index in [0.29, 0.717) is 0 Å². The molecule has 2 atom stereocenters. The molecule has 0 aromatic rings. The predicted octanol–water partition coefficient (Wildman–Crippen LogP) is 0.825. The molecule has 0 aliphatic rings. The quantitative estimate of drug-likeness (QED) is 0.313. The molecule has 2 unspecified atom stereocenters. The van der Waals surface area contributed by atoms with Crippen molar-refractivity contribution >= 4 is 13.8 Å². The molecule has 76 valence electrons. The van der Waals surface area contributed by atoms with Crippen LogP contribution in [0.3, 0.4) is 0 Å². The maximum atomic E-state index is 10.8. The fourth-order valence-electron chi connectivity index (χ4n) is 0.464. The van der Waals surface area contributed by atoms with Crippen molar-refractivity contribution in [3.63, 3.8) is 0 Å². The van der Waals surface area contributed by atoms with Crippen LogP contribution in [0.1, 0.15) is 6.92 Å². The van der Waals surface area contributed by atoms with Crippen molar-refractivity contribution in [2.75, 3.05) is 7.11 Å². The van der Waals surface area contributed by atoms with Gasteiger partial charge in [0.05, 0.1) is 0 Å². The lowest BCUT2D eigenvalue weighted by Crippen LogP contribution is -2.15. The van der Waals surface area contributed by atoms with Crippen LogP contribution >= 0.6 is 7.82 Å². The maximum absolute atomic E-state index is 10.8. The van der Waals surface area contributed by atoms with Crippen molar-refractivity contribution in [1.29, 1.82) is 0 Å². The molecule has 0 fully saturated rings. The average molecular weight is 210 g/mol. The van der Waals surface area contributed by atoms with Crippen LogP contribution in [0, 0.1) is 0 Å². The largest absolute Gasteiger partial charge is 0.475 e. The zero-order valence-electron chi connectivity index (χ0n) is 7.30. The Bertz CT molecular complexity index is 237. The van der Waals surface area contributed by atoms with E-state index >= 15 is 0 Å². The molecule has 0 heterocycles. The Morgan fingerprint density at radius 1 is 1.69 bits per heavy atom. The lowest BCUT2D eigenvalue weighted by Gasteiger charge is -2.15. The lowest BCUT2D eigenvalue weighted by atomic mass is 10.6. The number of hydrogen-bond donors (Lipinski definition) is 1. The van der Waals surface area contributed by atoms with Crippen LogP contribution in [0.15, 0.2) is 12.7 Å². The molecular formula is C6H11O6P. The van der Waals surface area contributed by atoms with Crippen LogP contribution in [0.4, 0.5) is 0 Å². The minimum atomic E-state index is -4.11. The summed E-state index contributed by atoms with van der Waals surface area (Å²) in [5.41, 5.74) is 0. The first kappa shape index (κ1) is 12.3. The Morgan fingerprint density at radius 3 is 2.62 bits per heavy atom. The third-order valence-corrected chi connectivity index (χ3v) is 1.99. The van der Waals surface area contributed by atoms with Gasteiger partial charge in [-0.1, -0.05) is 6.58 Å². The molecular weight excluding hydrogens is 199 g/mol. The summed E-state index contributed by atoms with van der Waals surface area (Å²) < 4.78 is 23.7. The molecule has 6 nitrogen and oxygen atoms in total. The fraction of sp³-hybridized carbons (Fsp3) is 0.500. The molecule has 0 radical (unpaired) electrons. The highest BCUT2D eigenvalue weighted by Gasteiger charge is 2.23. The minimum absolute atomic E-state index is 0.747. The number of phosphoric ester groups is 1. The molecule has 1 N–H and O–H groups in total. The van der Waals surface area contributed by atoms with E-state index in [0.717, 1.165) is 13.2 Å². The molecule has 0 aromatic heterocycles.